The van der Waals surface area contributed by atoms with Crippen molar-refractivity contribution in [3.63, 3.8) is 0 Å². The zero-order valence-electron chi connectivity index (χ0n) is 10.5. The van der Waals surface area contributed by atoms with Crippen LogP contribution in [0.25, 0.3) is 0 Å². The Balaban J connectivity index is 1.86. The molecule has 2 aliphatic heterocycles. The molecule has 2 aliphatic rings. The van der Waals surface area contributed by atoms with Gasteiger partial charge in [-0.05, 0) is 36.5 Å². The van der Waals surface area contributed by atoms with Gasteiger partial charge in [0, 0.05) is 17.7 Å². The SMILES string of the molecule is ClC(c1cc2c(cc1Br)OCCO2)C1CCOCC1. The molecule has 0 spiro atoms. The van der Waals surface area contributed by atoms with Gasteiger partial charge in [-0.3, -0.25) is 0 Å². The summed E-state index contributed by atoms with van der Waals surface area (Å²) in [4.78, 5) is 0. The molecule has 2 heterocycles. The molecule has 0 amide bonds. The summed E-state index contributed by atoms with van der Waals surface area (Å²) in [6.45, 7) is 2.80. The van der Waals surface area contributed by atoms with Crippen molar-refractivity contribution in [2.45, 2.75) is 18.2 Å². The first-order chi connectivity index (χ1) is 9.25. The Bertz CT molecular complexity index is 460. The van der Waals surface area contributed by atoms with Crippen LogP contribution in [0.2, 0.25) is 0 Å². The van der Waals surface area contributed by atoms with Gasteiger partial charge in [0.25, 0.3) is 0 Å². The second-order valence-corrected chi connectivity index (χ2v) is 6.19. The maximum atomic E-state index is 6.65. The number of rotatable bonds is 2. The lowest BCUT2D eigenvalue weighted by atomic mass is 9.91. The monoisotopic (exact) mass is 346 g/mol. The van der Waals surface area contributed by atoms with E-state index in [-0.39, 0.29) is 5.38 Å². The molecular formula is C14H16BrClO3. The molecule has 1 saturated heterocycles. The van der Waals surface area contributed by atoms with Crippen molar-refractivity contribution < 1.29 is 14.2 Å². The maximum absolute atomic E-state index is 6.65. The first-order valence-corrected chi connectivity index (χ1v) is 7.79. The third-order valence-corrected chi connectivity index (χ3v) is 4.92. The van der Waals surface area contributed by atoms with Crippen LogP contribution in [0.3, 0.4) is 0 Å². The van der Waals surface area contributed by atoms with Crippen molar-refractivity contribution in [1.29, 1.82) is 0 Å². The molecule has 1 atom stereocenters. The Labute approximate surface area is 126 Å². The summed E-state index contributed by atoms with van der Waals surface area (Å²) in [7, 11) is 0. The molecule has 0 aliphatic carbocycles. The average molecular weight is 348 g/mol. The van der Waals surface area contributed by atoms with Crippen LogP contribution >= 0.6 is 27.5 Å². The summed E-state index contributed by atoms with van der Waals surface area (Å²) < 4.78 is 17.6. The number of halogens is 2. The van der Waals surface area contributed by atoms with Crippen LogP contribution in [0.15, 0.2) is 16.6 Å². The molecule has 3 nitrogen and oxygen atoms in total. The van der Waals surface area contributed by atoms with Crippen LogP contribution in [-0.4, -0.2) is 26.4 Å². The molecule has 19 heavy (non-hydrogen) atoms. The largest absolute Gasteiger partial charge is 0.486 e. The number of ether oxygens (including phenoxy) is 3. The molecule has 0 saturated carbocycles. The fraction of sp³-hybridized carbons (Fsp3) is 0.571. The zero-order valence-corrected chi connectivity index (χ0v) is 12.9. The van der Waals surface area contributed by atoms with Gasteiger partial charge in [-0.1, -0.05) is 15.9 Å². The molecule has 0 N–H and O–H groups in total. The Morgan fingerprint density at radius 3 is 2.37 bits per heavy atom. The maximum Gasteiger partial charge on any atom is 0.162 e. The predicted molar refractivity (Wildman–Crippen MR) is 77.3 cm³/mol. The van der Waals surface area contributed by atoms with Crippen molar-refractivity contribution in [3.05, 3.63) is 22.2 Å². The predicted octanol–water partition coefficient (Wildman–Crippen LogP) is 3.93. The molecule has 3 rings (SSSR count). The Kier molecular flexibility index (Phi) is 4.20. The van der Waals surface area contributed by atoms with E-state index in [0.29, 0.717) is 19.1 Å². The van der Waals surface area contributed by atoms with E-state index in [1.165, 1.54) is 0 Å². The molecule has 0 radical (unpaired) electrons. The van der Waals surface area contributed by atoms with Gasteiger partial charge in [-0.15, -0.1) is 11.6 Å². The minimum Gasteiger partial charge on any atom is -0.486 e. The van der Waals surface area contributed by atoms with Gasteiger partial charge >= 0.3 is 0 Å². The highest BCUT2D eigenvalue weighted by atomic mass is 79.9. The van der Waals surface area contributed by atoms with Crippen molar-refractivity contribution in [3.8, 4) is 11.5 Å². The van der Waals surface area contributed by atoms with Gasteiger partial charge < -0.3 is 14.2 Å². The Hall–Kier alpha value is -0.450. The smallest absolute Gasteiger partial charge is 0.162 e. The van der Waals surface area contributed by atoms with E-state index < -0.39 is 0 Å². The fourth-order valence-electron chi connectivity index (χ4n) is 2.55. The number of alkyl halides is 1. The van der Waals surface area contributed by atoms with Gasteiger partial charge in [0.15, 0.2) is 11.5 Å². The van der Waals surface area contributed by atoms with Crippen LogP contribution in [0, 0.1) is 5.92 Å². The number of benzene rings is 1. The van der Waals surface area contributed by atoms with Gasteiger partial charge in [0.2, 0.25) is 0 Å². The highest BCUT2D eigenvalue weighted by molar-refractivity contribution is 9.10. The molecule has 1 fully saturated rings. The topological polar surface area (TPSA) is 27.7 Å². The number of fused-ring (bicyclic) bond motifs is 1. The third kappa shape index (κ3) is 2.86. The molecule has 1 aromatic rings. The molecule has 5 heteroatoms. The summed E-state index contributed by atoms with van der Waals surface area (Å²) in [5.74, 6) is 2.04. The molecule has 1 unspecified atom stereocenters. The summed E-state index contributed by atoms with van der Waals surface area (Å²) in [5, 5.41) is -0.0194. The molecule has 0 bridgehead atoms. The van der Waals surface area contributed by atoms with Crippen molar-refractivity contribution >= 4 is 27.5 Å². The van der Waals surface area contributed by atoms with Crippen molar-refractivity contribution in [1.82, 2.24) is 0 Å². The van der Waals surface area contributed by atoms with Crippen molar-refractivity contribution in [2.75, 3.05) is 26.4 Å². The minimum absolute atomic E-state index is 0.0194. The third-order valence-electron chi connectivity index (χ3n) is 3.64. The summed E-state index contributed by atoms with van der Waals surface area (Å²) in [5.41, 5.74) is 1.08. The average Bonchev–Trinajstić information content (AvgIpc) is 2.47. The van der Waals surface area contributed by atoms with E-state index in [1.807, 2.05) is 12.1 Å². The van der Waals surface area contributed by atoms with E-state index in [9.17, 15) is 0 Å². The van der Waals surface area contributed by atoms with E-state index >= 15 is 0 Å². The highest BCUT2D eigenvalue weighted by Gasteiger charge is 2.27. The van der Waals surface area contributed by atoms with Crippen LogP contribution in [0.5, 0.6) is 11.5 Å². The van der Waals surface area contributed by atoms with Gasteiger partial charge in [0.05, 0.1) is 5.38 Å². The molecule has 1 aromatic carbocycles. The van der Waals surface area contributed by atoms with Gasteiger partial charge in [-0.25, -0.2) is 0 Å². The Morgan fingerprint density at radius 2 is 1.68 bits per heavy atom. The van der Waals surface area contributed by atoms with E-state index in [2.05, 4.69) is 15.9 Å². The summed E-state index contributed by atoms with van der Waals surface area (Å²) >= 11 is 10.2. The first kappa shape index (κ1) is 13.5. The normalized spacial score (nSPS) is 21.2. The lowest BCUT2D eigenvalue weighted by molar-refractivity contribution is 0.0650. The first-order valence-electron chi connectivity index (χ1n) is 6.56. The quantitative estimate of drug-likeness (QED) is 0.759. The highest BCUT2D eigenvalue weighted by Crippen LogP contribution is 2.43. The van der Waals surface area contributed by atoms with E-state index in [0.717, 1.165) is 47.6 Å². The van der Waals surface area contributed by atoms with Crippen molar-refractivity contribution in [2.24, 2.45) is 5.92 Å². The van der Waals surface area contributed by atoms with Gasteiger partial charge in [0.1, 0.15) is 13.2 Å². The second kappa shape index (κ2) is 5.90. The van der Waals surface area contributed by atoms with Crippen LogP contribution in [-0.2, 0) is 4.74 Å². The minimum atomic E-state index is -0.0194. The second-order valence-electron chi connectivity index (χ2n) is 4.87. The molecule has 0 aromatic heterocycles. The van der Waals surface area contributed by atoms with Gasteiger partial charge in [-0.2, -0.15) is 0 Å². The lowest BCUT2D eigenvalue weighted by Gasteiger charge is -2.28. The zero-order chi connectivity index (χ0) is 13.2. The van der Waals surface area contributed by atoms with Crippen LogP contribution in [0.4, 0.5) is 0 Å². The standard InChI is InChI=1S/C14H16BrClO3/c15-11-8-13-12(18-5-6-19-13)7-10(11)14(16)9-1-3-17-4-2-9/h7-9,14H,1-6H2. The number of hydrogen-bond acceptors (Lipinski definition) is 3. The van der Waals surface area contributed by atoms with Crippen LogP contribution < -0.4 is 9.47 Å². The van der Waals surface area contributed by atoms with E-state index in [4.69, 9.17) is 25.8 Å². The Morgan fingerprint density at radius 1 is 1.05 bits per heavy atom. The molecule has 104 valence electrons. The van der Waals surface area contributed by atoms with E-state index in [1.54, 1.807) is 0 Å². The summed E-state index contributed by atoms with van der Waals surface area (Å²) in [6.07, 6.45) is 2.02. The lowest BCUT2D eigenvalue weighted by Crippen LogP contribution is -2.20. The molecular weight excluding hydrogens is 332 g/mol. The van der Waals surface area contributed by atoms with Crippen LogP contribution in [0.1, 0.15) is 23.8 Å². The fourth-order valence-corrected chi connectivity index (χ4v) is 3.69. The summed E-state index contributed by atoms with van der Waals surface area (Å²) in [6, 6.07) is 3.96. The number of hydrogen-bond donors (Lipinski definition) is 0.